The van der Waals surface area contributed by atoms with Gasteiger partial charge in [0.05, 0.1) is 0 Å². The minimum absolute atomic E-state index is 0.302. The number of phenolic OH excluding ortho intramolecular Hbond substituents is 1. The number of benzene rings is 1. The maximum Gasteiger partial charge on any atom is 0.227 e. The summed E-state index contributed by atoms with van der Waals surface area (Å²) >= 11 is 0. The van der Waals surface area contributed by atoms with Crippen LogP contribution in [0.2, 0.25) is 0 Å². The first-order valence-electron chi connectivity index (χ1n) is 5.22. The van der Waals surface area contributed by atoms with E-state index in [9.17, 15) is 4.39 Å². The number of phenols is 1. The van der Waals surface area contributed by atoms with Crippen LogP contribution in [0.25, 0.3) is 11.4 Å². The van der Waals surface area contributed by atoms with Crippen molar-refractivity contribution in [3.63, 3.8) is 0 Å². The molecule has 0 unspecified atom stereocenters. The zero-order valence-corrected chi connectivity index (χ0v) is 9.06. The summed E-state index contributed by atoms with van der Waals surface area (Å²) in [5.41, 5.74) is 5.82. The van der Waals surface area contributed by atoms with E-state index in [1.54, 1.807) is 0 Å². The summed E-state index contributed by atoms with van der Waals surface area (Å²) in [7, 11) is 0. The molecule has 6 heteroatoms. The van der Waals surface area contributed by atoms with Crippen LogP contribution in [-0.4, -0.2) is 21.8 Å². The second-order valence-electron chi connectivity index (χ2n) is 3.57. The number of halogens is 1. The molecule has 0 saturated heterocycles. The first-order valence-corrected chi connectivity index (χ1v) is 5.22. The Morgan fingerprint density at radius 3 is 2.94 bits per heavy atom. The van der Waals surface area contributed by atoms with Gasteiger partial charge in [0.25, 0.3) is 0 Å². The first kappa shape index (κ1) is 11.5. The number of nitrogens with zero attached hydrogens (tertiary/aromatic N) is 2. The second kappa shape index (κ2) is 4.92. The van der Waals surface area contributed by atoms with Crippen molar-refractivity contribution in [3.8, 4) is 17.1 Å². The van der Waals surface area contributed by atoms with E-state index in [0.717, 1.165) is 12.5 Å². The van der Waals surface area contributed by atoms with Gasteiger partial charge in [-0.1, -0.05) is 5.16 Å². The van der Waals surface area contributed by atoms with Crippen LogP contribution < -0.4 is 5.73 Å². The number of aromatic nitrogens is 2. The van der Waals surface area contributed by atoms with Crippen LogP contribution in [0, 0.1) is 5.82 Å². The lowest BCUT2D eigenvalue weighted by atomic mass is 10.2. The average molecular weight is 237 g/mol. The molecule has 0 fully saturated rings. The maximum atomic E-state index is 13.1. The summed E-state index contributed by atoms with van der Waals surface area (Å²) in [6.45, 7) is 0.547. The number of hydrogen-bond donors (Lipinski definition) is 2. The smallest absolute Gasteiger partial charge is 0.227 e. The molecule has 0 bridgehead atoms. The van der Waals surface area contributed by atoms with Crippen molar-refractivity contribution >= 4 is 0 Å². The minimum atomic E-state index is -0.712. The summed E-state index contributed by atoms with van der Waals surface area (Å²) < 4.78 is 18.1. The van der Waals surface area contributed by atoms with E-state index in [1.165, 1.54) is 12.1 Å². The topological polar surface area (TPSA) is 85.2 Å². The van der Waals surface area contributed by atoms with Gasteiger partial charge in [0.1, 0.15) is 0 Å². The van der Waals surface area contributed by atoms with Crippen LogP contribution >= 0.6 is 0 Å². The average Bonchev–Trinajstić information content (AvgIpc) is 2.79. The summed E-state index contributed by atoms with van der Waals surface area (Å²) in [4.78, 5) is 4.11. The van der Waals surface area contributed by atoms with Crippen molar-refractivity contribution < 1.29 is 14.0 Å². The number of aromatic hydroxyl groups is 1. The van der Waals surface area contributed by atoms with Gasteiger partial charge < -0.3 is 15.4 Å². The van der Waals surface area contributed by atoms with Crippen molar-refractivity contribution in [2.75, 3.05) is 6.54 Å². The molecule has 1 aromatic heterocycles. The van der Waals surface area contributed by atoms with Gasteiger partial charge in [-0.05, 0) is 31.2 Å². The molecule has 2 aromatic rings. The molecule has 0 amide bonds. The molecule has 0 aliphatic rings. The van der Waals surface area contributed by atoms with Crippen LogP contribution in [-0.2, 0) is 6.42 Å². The third-order valence-corrected chi connectivity index (χ3v) is 2.27. The highest BCUT2D eigenvalue weighted by molar-refractivity contribution is 5.55. The molecular formula is C11H12FN3O2. The van der Waals surface area contributed by atoms with Crippen LogP contribution in [0.15, 0.2) is 22.7 Å². The Balaban J connectivity index is 2.21. The zero-order chi connectivity index (χ0) is 12.3. The monoisotopic (exact) mass is 237 g/mol. The Kier molecular flexibility index (Phi) is 3.34. The van der Waals surface area contributed by atoms with Crippen LogP contribution in [0.4, 0.5) is 4.39 Å². The maximum absolute atomic E-state index is 13.1. The number of aryl methyl sites for hydroxylation is 1. The van der Waals surface area contributed by atoms with E-state index < -0.39 is 11.6 Å². The van der Waals surface area contributed by atoms with Gasteiger partial charge in [-0.15, -0.1) is 0 Å². The fourth-order valence-corrected chi connectivity index (χ4v) is 1.37. The third-order valence-electron chi connectivity index (χ3n) is 2.27. The molecule has 5 nitrogen and oxygen atoms in total. The molecule has 1 aromatic carbocycles. The molecule has 0 aliphatic heterocycles. The van der Waals surface area contributed by atoms with Gasteiger partial charge in [-0.2, -0.15) is 4.98 Å². The van der Waals surface area contributed by atoms with E-state index in [2.05, 4.69) is 10.1 Å². The molecule has 0 spiro atoms. The second-order valence-corrected chi connectivity index (χ2v) is 3.57. The third kappa shape index (κ3) is 2.59. The van der Waals surface area contributed by atoms with Gasteiger partial charge in [0.15, 0.2) is 11.6 Å². The van der Waals surface area contributed by atoms with E-state index >= 15 is 0 Å². The predicted octanol–water partition coefficient (Wildman–Crippen LogP) is 1.47. The van der Waals surface area contributed by atoms with E-state index in [4.69, 9.17) is 15.4 Å². The number of nitrogens with two attached hydrogens (primary N) is 1. The molecule has 1 heterocycles. The van der Waals surface area contributed by atoms with Crippen molar-refractivity contribution in [3.05, 3.63) is 29.9 Å². The Labute approximate surface area is 97.1 Å². The van der Waals surface area contributed by atoms with Crippen LogP contribution in [0.3, 0.4) is 0 Å². The van der Waals surface area contributed by atoms with Gasteiger partial charge in [0.2, 0.25) is 11.7 Å². The molecule has 0 radical (unpaired) electrons. The molecule has 0 atom stereocenters. The lowest BCUT2D eigenvalue weighted by molar-refractivity contribution is 0.376. The highest BCUT2D eigenvalue weighted by atomic mass is 19.1. The molecule has 17 heavy (non-hydrogen) atoms. The quantitative estimate of drug-likeness (QED) is 0.841. The molecule has 90 valence electrons. The normalized spacial score (nSPS) is 10.7. The Morgan fingerprint density at radius 1 is 1.41 bits per heavy atom. The summed E-state index contributed by atoms with van der Waals surface area (Å²) in [5, 5.41) is 12.8. The van der Waals surface area contributed by atoms with E-state index in [0.29, 0.717) is 30.2 Å². The lowest BCUT2D eigenvalue weighted by Gasteiger charge is -1.96. The van der Waals surface area contributed by atoms with Gasteiger partial charge in [-0.25, -0.2) is 4.39 Å². The molecule has 0 aliphatic carbocycles. The summed E-state index contributed by atoms with van der Waals surface area (Å²) in [6, 6.07) is 3.93. The molecule has 2 rings (SSSR count). The Hall–Kier alpha value is -1.95. The van der Waals surface area contributed by atoms with Gasteiger partial charge in [-0.3, -0.25) is 0 Å². The fourth-order valence-electron chi connectivity index (χ4n) is 1.37. The standard InChI is InChI=1S/C11H12FN3O2/c12-8-6-7(3-4-9(8)16)11-14-10(17-15-11)2-1-5-13/h3-4,6,16H,1-2,5,13H2. The van der Waals surface area contributed by atoms with Crippen LogP contribution in [0.5, 0.6) is 5.75 Å². The van der Waals surface area contributed by atoms with Gasteiger partial charge in [0, 0.05) is 12.0 Å². The van der Waals surface area contributed by atoms with Crippen molar-refractivity contribution in [1.82, 2.24) is 10.1 Å². The number of hydrogen-bond acceptors (Lipinski definition) is 5. The largest absolute Gasteiger partial charge is 0.505 e. The van der Waals surface area contributed by atoms with Crippen molar-refractivity contribution in [1.29, 1.82) is 0 Å². The van der Waals surface area contributed by atoms with Crippen molar-refractivity contribution in [2.45, 2.75) is 12.8 Å². The molecular weight excluding hydrogens is 225 g/mol. The molecule has 0 saturated carbocycles. The summed E-state index contributed by atoms with van der Waals surface area (Å²) in [6.07, 6.45) is 1.36. The Morgan fingerprint density at radius 2 is 2.24 bits per heavy atom. The Bertz CT molecular complexity index is 513. The summed E-state index contributed by atoms with van der Waals surface area (Å²) in [5.74, 6) is -0.341. The first-order chi connectivity index (χ1) is 8.20. The highest BCUT2D eigenvalue weighted by Gasteiger charge is 2.10. The predicted molar refractivity (Wildman–Crippen MR) is 58.7 cm³/mol. The van der Waals surface area contributed by atoms with Crippen LogP contribution in [0.1, 0.15) is 12.3 Å². The highest BCUT2D eigenvalue weighted by Crippen LogP contribution is 2.22. The minimum Gasteiger partial charge on any atom is -0.505 e. The lowest BCUT2D eigenvalue weighted by Crippen LogP contribution is -2.00. The SMILES string of the molecule is NCCCc1nc(-c2ccc(O)c(F)c2)no1. The van der Waals surface area contributed by atoms with E-state index in [-0.39, 0.29) is 0 Å². The van der Waals surface area contributed by atoms with Crippen molar-refractivity contribution in [2.24, 2.45) is 5.73 Å². The van der Waals surface area contributed by atoms with Gasteiger partial charge >= 0.3 is 0 Å². The van der Waals surface area contributed by atoms with E-state index in [1.807, 2.05) is 0 Å². The molecule has 3 N–H and O–H groups in total. The fraction of sp³-hybridized carbons (Fsp3) is 0.273. The number of rotatable bonds is 4. The zero-order valence-electron chi connectivity index (χ0n) is 9.06.